The molecule has 1 aromatic carbocycles. The number of aromatic nitrogens is 8. The number of nitrogens with one attached hydrogen (secondary N) is 1. The number of aryl methyl sites for hydroxylation is 1. The van der Waals surface area contributed by atoms with Gasteiger partial charge >= 0.3 is 0 Å². The smallest absolute Gasteiger partial charge is 0.231 e. The van der Waals surface area contributed by atoms with Crippen LogP contribution in [0.15, 0.2) is 42.6 Å². The van der Waals surface area contributed by atoms with Crippen LogP contribution in [0.5, 0.6) is 0 Å². The molecule has 4 rings (SSSR count). The summed E-state index contributed by atoms with van der Waals surface area (Å²) in [6, 6.07) is 12.3. The van der Waals surface area contributed by atoms with Gasteiger partial charge in [0.25, 0.3) is 0 Å². The minimum Gasteiger partial charge on any atom is -0.347 e. The van der Waals surface area contributed by atoms with Gasteiger partial charge in [-0.15, -0.1) is 10.2 Å². The second-order valence-corrected chi connectivity index (χ2v) is 9.08. The van der Waals surface area contributed by atoms with E-state index >= 15 is 0 Å². The van der Waals surface area contributed by atoms with Gasteiger partial charge in [0, 0.05) is 38.8 Å². The van der Waals surface area contributed by atoms with Crippen molar-refractivity contribution in [3.05, 3.63) is 59.8 Å². The SMILES string of the molecule is CCCCCc1nc(C(CCCC)(OC)OC)nn1Cc1ccc(-c2cccnc2-c2nnn[nH]2)cc1. The van der Waals surface area contributed by atoms with Gasteiger partial charge in [0.15, 0.2) is 5.82 Å². The Labute approximate surface area is 217 Å². The Bertz CT molecular complexity index is 1230. The number of nitrogens with zero attached hydrogens (tertiary/aromatic N) is 7. The number of unbranched alkanes of at least 4 members (excludes halogenated alkanes) is 3. The van der Waals surface area contributed by atoms with Crippen LogP contribution in [-0.4, -0.2) is 54.6 Å². The molecule has 0 radical (unpaired) electrons. The summed E-state index contributed by atoms with van der Waals surface area (Å²) < 4.78 is 13.7. The van der Waals surface area contributed by atoms with Crippen LogP contribution < -0.4 is 0 Å². The first kappa shape index (κ1) is 26.6. The van der Waals surface area contributed by atoms with E-state index in [1.807, 2.05) is 16.8 Å². The molecule has 0 saturated carbocycles. The summed E-state index contributed by atoms with van der Waals surface area (Å²) in [5.74, 6) is 1.15. The second kappa shape index (κ2) is 12.6. The van der Waals surface area contributed by atoms with E-state index < -0.39 is 5.79 Å². The number of benzene rings is 1. The van der Waals surface area contributed by atoms with E-state index in [4.69, 9.17) is 19.6 Å². The number of rotatable bonds is 14. The molecule has 0 unspecified atom stereocenters. The number of aromatic amines is 1. The molecule has 0 atom stereocenters. The molecule has 37 heavy (non-hydrogen) atoms. The third kappa shape index (κ3) is 6.08. The average molecular weight is 505 g/mol. The summed E-state index contributed by atoms with van der Waals surface area (Å²) in [7, 11) is 3.33. The van der Waals surface area contributed by atoms with E-state index in [-0.39, 0.29) is 0 Å². The maximum atomic E-state index is 5.84. The summed E-state index contributed by atoms with van der Waals surface area (Å²) in [6.45, 7) is 4.96. The number of hydrogen-bond donors (Lipinski definition) is 1. The minimum absolute atomic E-state index is 0.536. The molecule has 1 N–H and O–H groups in total. The molecule has 3 aromatic heterocycles. The number of tetrazole rings is 1. The standard InChI is InChI=1S/C27H36N8O2/c1-5-7-9-12-23-29-26(27(36-3,37-4)17-8-6-2)32-35(23)19-20-13-15-21(16-14-20)22-11-10-18-28-24(22)25-30-33-34-31-25/h10-11,13-16,18H,5-9,12,17,19H2,1-4H3,(H,30,31,33,34). The van der Waals surface area contributed by atoms with Gasteiger partial charge in [-0.25, -0.2) is 14.8 Å². The van der Waals surface area contributed by atoms with Crippen molar-refractivity contribution in [1.82, 2.24) is 40.4 Å². The fourth-order valence-corrected chi connectivity index (χ4v) is 4.42. The predicted molar refractivity (Wildman–Crippen MR) is 140 cm³/mol. The fraction of sp³-hybridized carbons (Fsp3) is 0.481. The van der Waals surface area contributed by atoms with Crippen LogP contribution in [0.3, 0.4) is 0 Å². The fourth-order valence-electron chi connectivity index (χ4n) is 4.42. The van der Waals surface area contributed by atoms with Gasteiger partial charge < -0.3 is 9.47 Å². The molecule has 196 valence electrons. The van der Waals surface area contributed by atoms with Crippen LogP contribution in [0, 0.1) is 0 Å². The summed E-state index contributed by atoms with van der Waals surface area (Å²) in [5, 5.41) is 19.1. The molecular weight excluding hydrogens is 468 g/mol. The second-order valence-electron chi connectivity index (χ2n) is 9.08. The first-order valence-corrected chi connectivity index (χ1v) is 13.0. The first-order chi connectivity index (χ1) is 18.1. The summed E-state index contributed by atoms with van der Waals surface area (Å²) in [6.07, 6.45) is 8.67. The van der Waals surface area contributed by atoms with Gasteiger partial charge in [-0.2, -0.15) is 0 Å². The zero-order valence-electron chi connectivity index (χ0n) is 22.1. The molecule has 0 saturated heterocycles. The molecule has 0 bridgehead atoms. The monoisotopic (exact) mass is 504 g/mol. The highest BCUT2D eigenvalue weighted by Crippen LogP contribution is 2.31. The lowest BCUT2D eigenvalue weighted by Gasteiger charge is -2.27. The van der Waals surface area contributed by atoms with Crippen LogP contribution in [0.25, 0.3) is 22.6 Å². The molecule has 0 aliphatic rings. The Balaban J connectivity index is 1.61. The average Bonchev–Trinajstić information content (AvgIpc) is 3.62. The summed E-state index contributed by atoms with van der Waals surface area (Å²) in [4.78, 5) is 9.40. The van der Waals surface area contributed by atoms with Gasteiger partial charge in [0.1, 0.15) is 11.5 Å². The van der Waals surface area contributed by atoms with E-state index in [0.717, 1.165) is 61.0 Å². The van der Waals surface area contributed by atoms with Gasteiger partial charge in [0.05, 0.1) is 6.54 Å². The lowest BCUT2D eigenvalue weighted by molar-refractivity contribution is -0.226. The van der Waals surface area contributed by atoms with Gasteiger partial charge in [-0.3, -0.25) is 4.98 Å². The third-order valence-corrected chi connectivity index (χ3v) is 6.59. The van der Waals surface area contributed by atoms with Crippen molar-refractivity contribution in [3.8, 4) is 22.6 Å². The van der Waals surface area contributed by atoms with Crippen molar-refractivity contribution in [2.75, 3.05) is 14.2 Å². The lowest BCUT2D eigenvalue weighted by atomic mass is 10.0. The first-order valence-electron chi connectivity index (χ1n) is 13.0. The lowest BCUT2D eigenvalue weighted by Crippen LogP contribution is -2.32. The number of methoxy groups -OCH3 is 2. The van der Waals surface area contributed by atoms with E-state index in [1.54, 1.807) is 20.4 Å². The number of pyridine rings is 1. The van der Waals surface area contributed by atoms with Crippen molar-refractivity contribution < 1.29 is 9.47 Å². The quantitative estimate of drug-likeness (QED) is 0.190. The zero-order chi connectivity index (χ0) is 26.1. The normalized spacial score (nSPS) is 11.8. The van der Waals surface area contributed by atoms with Crippen LogP contribution in [-0.2, 0) is 28.2 Å². The van der Waals surface area contributed by atoms with Crippen molar-refractivity contribution in [2.45, 2.75) is 71.1 Å². The maximum absolute atomic E-state index is 5.84. The largest absolute Gasteiger partial charge is 0.347 e. The zero-order valence-corrected chi connectivity index (χ0v) is 22.1. The van der Waals surface area contributed by atoms with Crippen LogP contribution in [0.4, 0.5) is 0 Å². The molecular formula is C27H36N8O2. The summed E-state index contributed by atoms with van der Waals surface area (Å²) >= 11 is 0. The predicted octanol–water partition coefficient (Wildman–Crippen LogP) is 4.94. The van der Waals surface area contributed by atoms with Crippen molar-refractivity contribution in [1.29, 1.82) is 0 Å². The van der Waals surface area contributed by atoms with E-state index in [9.17, 15) is 0 Å². The highest BCUT2D eigenvalue weighted by Gasteiger charge is 2.37. The van der Waals surface area contributed by atoms with Crippen molar-refractivity contribution in [3.63, 3.8) is 0 Å². The molecule has 0 amide bonds. The topological polar surface area (TPSA) is 117 Å². The summed E-state index contributed by atoms with van der Waals surface area (Å²) in [5.41, 5.74) is 3.82. The molecule has 0 spiro atoms. The Morgan fingerprint density at radius 2 is 1.76 bits per heavy atom. The maximum Gasteiger partial charge on any atom is 0.231 e. The van der Waals surface area contributed by atoms with Crippen LogP contribution >= 0.6 is 0 Å². The molecule has 4 aromatic rings. The highest BCUT2D eigenvalue weighted by molar-refractivity contribution is 5.77. The van der Waals surface area contributed by atoms with Crippen molar-refractivity contribution >= 4 is 0 Å². The van der Waals surface area contributed by atoms with Crippen LogP contribution in [0.2, 0.25) is 0 Å². The molecule has 0 fully saturated rings. The van der Waals surface area contributed by atoms with E-state index in [2.05, 4.69) is 63.7 Å². The van der Waals surface area contributed by atoms with E-state index in [0.29, 0.717) is 30.3 Å². The molecule has 3 heterocycles. The molecule has 0 aliphatic heterocycles. The highest BCUT2D eigenvalue weighted by atomic mass is 16.7. The molecule has 0 aliphatic carbocycles. The molecule has 10 nitrogen and oxygen atoms in total. The Morgan fingerprint density at radius 1 is 0.973 bits per heavy atom. The van der Waals surface area contributed by atoms with Crippen molar-refractivity contribution in [2.24, 2.45) is 0 Å². The van der Waals surface area contributed by atoms with E-state index in [1.165, 1.54) is 0 Å². The Kier molecular flexibility index (Phi) is 9.08. The molecule has 10 heteroatoms. The third-order valence-electron chi connectivity index (χ3n) is 6.59. The van der Waals surface area contributed by atoms with Gasteiger partial charge in [-0.05, 0) is 40.5 Å². The van der Waals surface area contributed by atoms with Crippen LogP contribution in [0.1, 0.15) is 69.6 Å². The van der Waals surface area contributed by atoms with Gasteiger partial charge in [0.2, 0.25) is 11.6 Å². The van der Waals surface area contributed by atoms with Gasteiger partial charge in [-0.1, -0.05) is 63.4 Å². The number of ether oxygens (including phenoxy) is 2. The minimum atomic E-state index is -0.934. The Morgan fingerprint density at radius 3 is 2.43 bits per heavy atom. The number of hydrogen-bond acceptors (Lipinski definition) is 8. The Hall–Kier alpha value is -3.50. The number of H-pyrrole nitrogens is 1.